The van der Waals surface area contributed by atoms with Gasteiger partial charge in [0.2, 0.25) is 0 Å². The molecule has 19 heavy (non-hydrogen) atoms. The maximum absolute atomic E-state index is 13.2. The molecule has 3 atom stereocenters. The number of aliphatic hydroxyl groups is 1. The van der Waals surface area contributed by atoms with Crippen molar-refractivity contribution >= 4 is 15.9 Å². The van der Waals surface area contributed by atoms with E-state index in [2.05, 4.69) is 28.2 Å². The quantitative estimate of drug-likeness (QED) is 0.880. The van der Waals surface area contributed by atoms with Gasteiger partial charge in [-0.2, -0.15) is 0 Å². The lowest BCUT2D eigenvalue weighted by molar-refractivity contribution is 0.147. The minimum Gasteiger partial charge on any atom is -0.396 e. The van der Waals surface area contributed by atoms with E-state index in [0.29, 0.717) is 16.4 Å². The Bertz CT molecular complexity index is 427. The molecule has 1 aromatic rings. The van der Waals surface area contributed by atoms with Crippen LogP contribution in [0.5, 0.6) is 0 Å². The molecule has 2 nitrogen and oxygen atoms in total. The molecule has 1 aromatic carbocycles. The Hall–Kier alpha value is -0.450. The lowest BCUT2D eigenvalue weighted by Gasteiger charge is -2.33. The van der Waals surface area contributed by atoms with Crippen LogP contribution in [-0.4, -0.2) is 17.8 Å². The number of benzene rings is 1. The standard InChI is InChI=1S/C15H21BrFNO/c1-10(11-6-7-14(17)13(16)8-11)18-15-5-3-2-4-12(15)9-19/h6-8,10,12,15,18-19H,2-5,9H2,1H3. The van der Waals surface area contributed by atoms with E-state index >= 15 is 0 Å². The van der Waals surface area contributed by atoms with E-state index in [-0.39, 0.29) is 18.5 Å². The van der Waals surface area contributed by atoms with Crippen molar-refractivity contribution in [3.8, 4) is 0 Å². The fourth-order valence-corrected chi connectivity index (χ4v) is 3.24. The zero-order chi connectivity index (χ0) is 13.8. The molecule has 1 aliphatic carbocycles. The van der Waals surface area contributed by atoms with Crippen LogP contribution in [0.15, 0.2) is 22.7 Å². The Labute approximate surface area is 122 Å². The number of halogens is 2. The van der Waals surface area contributed by atoms with Crippen molar-refractivity contribution in [1.29, 1.82) is 0 Å². The molecule has 0 heterocycles. The van der Waals surface area contributed by atoms with Gasteiger partial charge in [0, 0.05) is 18.7 Å². The molecule has 2 N–H and O–H groups in total. The normalized spacial score (nSPS) is 25.3. The fourth-order valence-electron chi connectivity index (χ4n) is 2.84. The average Bonchev–Trinajstić information content (AvgIpc) is 2.42. The predicted molar refractivity (Wildman–Crippen MR) is 78.5 cm³/mol. The van der Waals surface area contributed by atoms with E-state index in [1.807, 2.05) is 12.1 Å². The maximum atomic E-state index is 13.2. The average molecular weight is 330 g/mol. The number of aliphatic hydroxyl groups excluding tert-OH is 1. The van der Waals surface area contributed by atoms with Gasteiger partial charge < -0.3 is 10.4 Å². The van der Waals surface area contributed by atoms with Crippen molar-refractivity contribution in [2.75, 3.05) is 6.61 Å². The van der Waals surface area contributed by atoms with Gasteiger partial charge in [0.15, 0.2) is 0 Å². The highest BCUT2D eigenvalue weighted by atomic mass is 79.9. The zero-order valence-electron chi connectivity index (χ0n) is 11.2. The van der Waals surface area contributed by atoms with Crippen molar-refractivity contribution in [2.24, 2.45) is 5.92 Å². The summed E-state index contributed by atoms with van der Waals surface area (Å²) in [6.45, 7) is 2.33. The lowest BCUT2D eigenvalue weighted by atomic mass is 9.84. The first-order chi connectivity index (χ1) is 9.11. The Morgan fingerprint density at radius 1 is 1.42 bits per heavy atom. The summed E-state index contributed by atoms with van der Waals surface area (Å²) in [6, 6.07) is 5.65. The number of rotatable bonds is 4. The van der Waals surface area contributed by atoms with E-state index in [4.69, 9.17) is 0 Å². The SMILES string of the molecule is CC(NC1CCCCC1CO)c1ccc(F)c(Br)c1. The highest BCUT2D eigenvalue weighted by molar-refractivity contribution is 9.10. The van der Waals surface area contributed by atoms with E-state index in [1.165, 1.54) is 18.9 Å². The second kappa shape index (κ2) is 6.82. The molecule has 1 saturated carbocycles. The maximum Gasteiger partial charge on any atom is 0.137 e. The first kappa shape index (κ1) is 14.9. The third kappa shape index (κ3) is 3.77. The molecule has 0 spiro atoms. The van der Waals surface area contributed by atoms with Gasteiger partial charge in [-0.25, -0.2) is 4.39 Å². The van der Waals surface area contributed by atoms with Gasteiger partial charge >= 0.3 is 0 Å². The summed E-state index contributed by atoms with van der Waals surface area (Å²) in [5.41, 5.74) is 1.07. The molecule has 0 radical (unpaired) electrons. The van der Waals surface area contributed by atoms with Gasteiger partial charge in [-0.05, 0) is 59.3 Å². The second-order valence-corrected chi connectivity index (χ2v) is 6.25. The van der Waals surface area contributed by atoms with Gasteiger partial charge in [0.1, 0.15) is 5.82 Å². The molecule has 0 bridgehead atoms. The molecule has 1 aliphatic rings. The third-order valence-electron chi connectivity index (χ3n) is 4.05. The van der Waals surface area contributed by atoms with Crippen LogP contribution >= 0.6 is 15.9 Å². The van der Waals surface area contributed by atoms with Crippen LogP contribution in [-0.2, 0) is 0 Å². The van der Waals surface area contributed by atoms with Crippen molar-refractivity contribution < 1.29 is 9.50 Å². The smallest absolute Gasteiger partial charge is 0.137 e. The second-order valence-electron chi connectivity index (χ2n) is 5.40. The largest absolute Gasteiger partial charge is 0.396 e. The number of hydrogen-bond acceptors (Lipinski definition) is 2. The minimum atomic E-state index is -0.234. The van der Waals surface area contributed by atoms with Gasteiger partial charge in [0.05, 0.1) is 4.47 Å². The first-order valence-corrected chi connectivity index (χ1v) is 7.73. The molecule has 1 fully saturated rings. The molecule has 2 rings (SSSR count). The molecule has 4 heteroatoms. The van der Waals surface area contributed by atoms with E-state index in [1.54, 1.807) is 0 Å². The monoisotopic (exact) mass is 329 g/mol. The van der Waals surface area contributed by atoms with Crippen LogP contribution in [0.25, 0.3) is 0 Å². The molecule has 0 amide bonds. The van der Waals surface area contributed by atoms with Crippen molar-refractivity contribution in [2.45, 2.75) is 44.7 Å². The summed E-state index contributed by atoms with van der Waals surface area (Å²) < 4.78 is 13.7. The van der Waals surface area contributed by atoms with Crippen LogP contribution in [0.2, 0.25) is 0 Å². The molecule has 0 aliphatic heterocycles. The van der Waals surface area contributed by atoms with Crippen molar-refractivity contribution in [3.63, 3.8) is 0 Å². The number of nitrogens with one attached hydrogen (secondary N) is 1. The summed E-state index contributed by atoms with van der Waals surface area (Å²) in [5.74, 6) is 0.113. The zero-order valence-corrected chi connectivity index (χ0v) is 12.8. The van der Waals surface area contributed by atoms with Crippen molar-refractivity contribution in [1.82, 2.24) is 5.32 Å². The van der Waals surface area contributed by atoms with E-state index in [9.17, 15) is 9.50 Å². The van der Waals surface area contributed by atoms with Gasteiger partial charge in [0.25, 0.3) is 0 Å². The van der Waals surface area contributed by atoms with Crippen LogP contribution in [0, 0.1) is 11.7 Å². The number of hydrogen-bond donors (Lipinski definition) is 2. The lowest BCUT2D eigenvalue weighted by Crippen LogP contribution is -2.41. The van der Waals surface area contributed by atoms with Gasteiger partial charge in [-0.15, -0.1) is 0 Å². The minimum absolute atomic E-state index is 0.161. The summed E-state index contributed by atoms with van der Waals surface area (Å²) in [6.07, 6.45) is 4.62. The highest BCUT2D eigenvalue weighted by Gasteiger charge is 2.25. The Morgan fingerprint density at radius 2 is 2.16 bits per heavy atom. The molecular formula is C15H21BrFNO. The van der Waals surface area contributed by atoms with Crippen LogP contribution in [0.1, 0.15) is 44.2 Å². The molecule has 0 saturated heterocycles. The predicted octanol–water partition coefficient (Wildman–Crippen LogP) is 3.79. The molecular weight excluding hydrogens is 309 g/mol. The first-order valence-electron chi connectivity index (χ1n) is 6.93. The van der Waals surface area contributed by atoms with Crippen LogP contribution in [0.3, 0.4) is 0 Å². The van der Waals surface area contributed by atoms with Crippen molar-refractivity contribution in [3.05, 3.63) is 34.1 Å². The Kier molecular flexibility index (Phi) is 5.37. The summed E-state index contributed by atoms with van der Waals surface area (Å²) in [4.78, 5) is 0. The molecule has 106 valence electrons. The fraction of sp³-hybridized carbons (Fsp3) is 0.600. The molecule has 0 aromatic heterocycles. The summed E-state index contributed by atoms with van der Waals surface area (Å²) in [5, 5.41) is 13.0. The Balaban J connectivity index is 2.02. The molecule has 3 unspecified atom stereocenters. The summed E-state index contributed by atoms with van der Waals surface area (Å²) >= 11 is 3.22. The van der Waals surface area contributed by atoms with Gasteiger partial charge in [-0.3, -0.25) is 0 Å². The third-order valence-corrected chi connectivity index (χ3v) is 4.66. The van der Waals surface area contributed by atoms with Gasteiger partial charge in [-0.1, -0.05) is 18.9 Å². The van der Waals surface area contributed by atoms with Crippen LogP contribution in [0.4, 0.5) is 4.39 Å². The van der Waals surface area contributed by atoms with E-state index in [0.717, 1.165) is 18.4 Å². The highest BCUT2D eigenvalue weighted by Crippen LogP contribution is 2.27. The van der Waals surface area contributed by atoms with Crippen LogP contribution < -0.4 is 5.32 Å². The summed E-state index contributed by atoms with van der Waals surface area (Å²) in [7, 11) is 0. The van der Waals surface area contributed by atoms with E-state index < -0.39 is 0 Å². The Morgan fingerprint density at radius 3 is 2.84 bits per heavy atom. The topological polar surface area (TPSA) is 32.3 Å².